The van der Waals surface area contributed by atoms with Gasteiger partial charge in [-0.15, -0.1) is 0 Å². The minimum atomic E-state index is -0.189. The molecule has 0 saturated carbocycles. The molecule has 2 aliphatic heterocycles. The van der Waals surface area contributed by atoms with Crippen LogP contribution in [0.5, 0.6) is 5.88 Å². The summed E-state index contributed by atoms with van der Waals surface area (Å²) in [6.45, 7) is 2.19. The minimum Gasteiger partial charge on any atom is -0.473 e. The monoisotopic (exact) mass is 434 g/mol. The SMILES string of the molecule is O=C(CCCc1c[nH]c2ccccc12)N1CCC2(CC1)CC(Oc1cnccn1)CCO2. The Morgan fingerprint density at radius 1 is 1.25 bits per heavy atom. The molecule has 1 N–H and O–H groups in total. The lowest BCUT2D eigenvalue weighted by molar-refractivity contribution is -0.151. The standard InChI is InChI=1S/C25H30N4O3/c30-24(7-3-4-19-17-28-22-6-2-1-5-21(19)22)29-13-9-25(10-14-29)16-20(8-15-31-25)32-23-18-26-11-12-27-23/h1-2,5-6,11-12,17-18,20,28H,3-4,7-10,13-16H2. The predicted octanol–water partition coefficient (Wildman–Crippen LogP) is 3.90. The molecule has 2 saturated heterocycles. The van der Waals surface area contributed by atoms with Gasteiger partial charge in [0, 0.05) is 61.8 Å². The summed E-state index contributed by atoms with van der Waals surface area (Å²) in [5.74, 6) is 0.820. The number of H-pyrrole nitrogens is 1. The third kappa shape index (κ3) is 4.63. The van der Waals surface area contributed by atoms with Crippen molar-refractivity contribution < 1.29 is 14.3 Å². The number of likely N-dealkylation sites (tertiary alicyclic amines) is 1. The van der Waals surface area contributed by atoms with Crippen molar-refractivity contribution in [2.75, 3.05) is 19.7 Å². The zero-order chi connectivity index (χ0) is 21.8. The Bertz CT molecular complexity index is 1040. The lowest BCUT2D eigenvalue weighted by Crippen LogP contribution is -2.52. The van der Waals surface area contributed by atoms with Crippen molar-refractivity contribution >= 4 is 16.8 Å². The van der Waals surface area contributed by atoms with Gasteiger partial charge in [0.05, 0.1) is 18.4 Å². The molecule has 1 aromatic carbocycles. The highest BCUT2D eigenvalue weighted by atomic mass is 16.5. The number of ether oxygens (including phenoxy) is 2. The molecule has 0 bridgehead atoms. The van der Waals surface area contributed by atoms with Crippen molar-refractivity contribution in [1.29, 1.82) is 0 Å². The molecule has 2 fully saturated rings. The van der Waals surface area contributed by atoms with Crippen LogP contribution in [0.4, 0.5) is 0 Å². The molecule has 5 rings (SSSR count). The molecule has 2 aliphatic rings. The van der Waals surface area contributed by atoms with E-state index < -0.39 is 0 Å². The number of nitrogens with zero attached hydrogens (tertiary/aromatic N) is 3. The zero-order valence-corrected chi connectivity index (χ0v) is 18.3. The largest absolute Gasteiger partial charge is 0.473 e. The second-order valence-electron chi connectivity index (χ2n) is 8.90. The molecule has 1 unspecified atom stereocenters. The van der Waals surface area contributed by atoms with Gasteiger partial charge in [0.1, 0.15) is 6.10 Å². The Hall–Kier alpha value is -2.93. The number of aryl methyl sites for hydroxylation is 1. The summed E-state index contributed by atoms with van der Waals surface area (Å²) in [6.07, 6.45) is 12.9. The molecule has 4 heterocycles. The lowest BCUT2D eigenvalue weighted by atomic mass is 9.83. The molecule has 1 amide bonds. The van der Waals surface area contributed by atoms with Gasteiger partial charge in [-0.25, -0.2) is 4.98 Å². The molecule has 32 heavy (non-hydrogen) atoms. The van der Waals surface area contributed by atoms with E-state index in [4.69, 9.17) is 9.47 Å². The quantitative estimate of drug-likeness (QED) is 0.636. The summed E-state index contributed by atoms with van der Waals surface area (Å²) >= 11 is 0. The molecule has 1 spiro atoms. The van der Waals surface area contributed by atoms with Gasteiger partial charge in [0.2, 0.25) is 11.8 Å². The van der Waals surface area contributed by atoms with Crippen LogP contribution in [0, 0.1) is 0 Å². The summed E-state index contributed by atoms with van der Waals surface area (Å²) in [7, 11) is 0. The highest BCUT2D eigenvalue weighted by Gasteiger charge is 2.42. The molecule has 2 aromatic heterocycles. The second kappa shape index (κ2) is 9.28. The molecule has 1 atom stereocenters. The Morgan fingerprint density at radius 3 is 2.97 bits per heavy atom. The van der Waals surface area contributed by atoms with E-state index in [1.54, 1.807) is 18.6 Å². The topological polar surface area (TPSA) is 80.3 Å². The van der Waals surface area contributed by atoms with Crippen molar-refractivity contribution in [1.82, 2.24) is 19.9 Å². The molecule has 168 valence electrons. The number of para-hydroxylation sites is 1. The minimum absolute atomic E-state index is 0.0823. The molecular formula is C25H30N4O3. The number of hydrogen-bond donors (Lipinski definition) is 1. The Balaban J connectivity index is 1.09. The van der Waals surface area contributed by atoms with Crippen LogP contribution < -0.4 is 4.74 Å². The first-order valence-corrected chi connectivity index (χ1v) is 11.6. The van der Waals surface area contributed by atoms with Crippen LogP contribution in [-0.4, -0.2) is 57.2 Å². The van der Waals surface area contributed by atoms with Crippen LogP contribution >= 0.6 is 0 Å². The molecule has 7 nitrogen and oxygen atoms in total. The average molecular weight is 435 g/mol. The summed E-state index contributed by atoms with van der Waals surface area (Å²) in [5.41, 5.74) is 2.26. The third-order valence-electron chi connectivity index (χ3n) is 6.81. The van der Waals surface area contributed by atoms with E-state index in [-0.39, 0.29) is 17.6 Å². The highest BCUT2D eigenvalue weighted by Crippen LogP contribution is 2.36. The number of carbonyl (C=O) groups is 1. The summed E-state index contributed by atoms with van der Waals surface area (Å²) in [5, 5.41) is 1.26. The van der Waals surface area contributed by atoms with E-state index in [2.05, 4.69) is 39.3 Å². The zero-order valence-electron chi connectivity index (χ0n) is 18.3. The highest BCUT2D eigenvalue weighted by molar-refractivity contribution is 5.83. The normalized spacial score (nSPS) is 20.5. The first-order chi connectivity index (χ1) is 15.7. The number of fused-ring (bicyclic) bond motifs is 1. The first kappa shape index (κ1) is 20.9. The Labute approximate surface area is 188 Å². The smallest absolute Gasteiger partial charge is 0.232 e. The maximum Gasteiger partial charge on any atom is 0.232 e. The first-order valence-electron chi connectivity index (χ1n) is 11.6. The van der Waals surface area contributed by atoms with Crippen LogP contribution in [0.15, 0.2) is 49.1 Å². The van der Waals surface area contributed by atoms with Crippen LogP contribution in [0.1, 0.15) is 44.1 Å². The Morgan fingerprint density at radius 2 is 2.12 bits per heavy atom. The van der Waals surface area contributed by atoms with Gasteiger partial charge < -0.3 is 19.4 Å². The van der Waals surface area contributed by atoms with Gasteiger partial charge in [-0.05, 0) is 37.3 Å². The van der Waals surface area contributed by atoms with Gasteiger partial charge in [0.25, 0.3) is 0 Å². The third-order valence-corrected chi connectivity index (χ3v) is 6.81. The molecule has 0 aliphatic carbocycles. The van der Waals surface area contributed by atoms with E-state index in [1.807, 2.05) is 11.0 Å². The number of hydrogen-bond acceptors (Lipinski definition) is 5. The number of piperidine rings is 1. The van der Waals surface area contributed by atoms with Gasteiger partial charge >= 0.3 is 0 Å². The van der Waals surface area contributed by atoms with Crippen molar-refractivity contribution in [2.45, 2.75) is 56.7 Å². The molecule has 7 heteroatoms. The van der Waals surface area contributed by atoms with E-state index in [0.29, 0.717) is 18.9 Å². The van der Waals surface area contributed by atoms with Gasteiger partial charge in [-0.2, -0.15) is 0 Å². The lowest BCUT2D eigenvalue weighted by Gasteiger charge is -2.45. The van der Waals surface area contributed by atoms with Crippen LogP contribution in [0.2, 0.25) is 0 Å². The van der Waals surface area contributed by atoms with E-state index in [9.17, 15) is 4.79 Å². The van der Waals surface area contributed by atoms with Crippen LogP contribution in [0.25, 0.3) is 10.9 Å². The second-order valence-corrected chi connectivity index (χ2v) is 8.90. The van der Waals surface area contributed by atoms with Crippen LogP contribution in [-0.2, 0) is 16.0 Å². The van der Waals surface area contributed by atoms with E-state index in [1.165, 1.54) is 10.9 Å². The summed E-state index contributed by atoms with van der Waals surface area (Å²) in [6, 6.07) is 8.32. The average Bonchev–Trinajstić information content (AvgIpc) is 3.23. The van der Waals surface area contributed by atoms with Gasteiger partial charge in [0.15, 0.2) is 0 Å². The number of aromatic nitrogens is 3. The summed E-state index contributed by atoms with van der Waals surface area (Å²) in [4.78, 5) is 26.4. The van der Waals surface area contributed by atoms with Crippen molar-refractivity contribution in [3.63, 3.8) is 0 Å². The number of carbonyl (C=O) groups excluding carboxylic acids is 1. The maximum absolute atomic E-state index is 12.8. The Kier molecular flexibility index (Phi) is 6.08. The van der Waals surface area contributed by atoms with E-state index >= 15 is 0 Å². The van der Waals surface area contributed by atoms with Crippen molar-refractivity contribution in [3.8, 4) is 5.88 Å². The summed E-state index contributed by atoms with van der Waals surface area (Å²) < 4.78 is 12.3. The van der Waals surface area contributed by atoms with Gasteiger partial charge in [-0.1, -0.05) is 18.2 Å². The fourth-order valence-corrected chi connectivity index (χ4v) is 5.04. The number of amides is 1. The van der Waals surface area contributed by atoms with Crippen LogP contribution in [0.3, 0.4) is 0 Å². The number of aromatic amines is 1. The molecular weight excluding hydrogens is 404 g/mol. The maximum atomic E-state index is 12.8. The number of rotatable bonds is 6. The molecule has 0 radical (unpaired) electrons. The van der Waals surface area contributed by atoms with Crippen molar-refractivity contribution in [2.24, 2.45) is 0 Å². The van der Waals surface area contributed by atoms with E-state index in [0.717, 1.165) is 57.1 Å². The van der Waals surface area contributed by atoms with Gasteiger partial charge in [-0.3, -0.25) is 9.78 Å². The number of benzene rings is 1. The number of nitrogens with one attached hydrogen (secondary N) is 1. The predicted molar refractivity (Wildman–Crippen MR) is 121 cm³/mol. The fourth-order valence-electron chi connectivity index (χ4n) is 5.04. The molecule has 3 aromatic rings. The van der Waals surface area contributed by atoms with Crippen molar-refractivity contribution in [3.05, 3.63) is 54.6 Å². The fraction of sp³-hybridized carbons (Fsp3) is 0.480.